The third-order valence-corrected chi connectivity index (χ3v) is 8.98. The van der Waals surface area contributed by atoms with Gasteiger partial charge in [-0.1, -0.05) is 42.4 Å². The molecule has 44 heavy (non-hydrogen) atoms. The molecule has 10 nitrogen and oxygen atoms in total. The van der Waals surface area contributed by atoms with Gasteiger partial charge in [-0.25, -0.2) is 4.39 Å². The molecule has 228 valence electrons. The van der Waals surface area contributed by atoms with Crippen molar-refractivity contribution in [3.63, 3.8) is 0 Å². The van der Waals surface area contributed by atoms with Crippen molar-refractivity contribution < 1.29 is 18.7 Å². The average Bonchev–Trinajstić information content (AvgIpc) is 3.35. The van der Waals surface area contributed by atoms with Crippen LogP contribution in [0.5, 0.6) is 6.01 Å². The maximum absolute atomic E-state index is 13.8. The highest BCUT2D eigenvalue weighted by Crippen LogP contribution is 2.37. The highest BCUT2D eigenvalue weighted by molar-refractivity contribution is 6.36. The van der Waals surface area contributed by atoms with E-state index >= 15 is 0 Å². The molecule has 0 saturated carbocycles. The lowest BCUT2D eigenvalue weighted by Gasteiger charge is -2.42. The van der Waals surface area contributed by atoms with Crippen molar-refractivity contribution in [2.75, 3.05) is 56.2 Å². The van der Waals surface area contributed by atoms with Crippen molar-refractivity contribution in [1.82, 2.24) is 19.8 Å². The summed E-state index contributed by atoms with van der Waals surface area (Å²) in [7, 11) is 1.78. The second kappa shape index (κ2) is 12.3. The second-order valence-corrected chi connectivity index (χ2v) is 12.0. The standard InChI is InChI=1S/C32H33ClFN7O3/c1-20(34)31(43)41-14-13-40(17-23(41)9-11-35)30-24-10-12-39(27-8-4-6-22-5-3-7-25(33)29(22)27)18-26(24)36-32(37-30)44-19-21-15-28(42)38(2)16-21/h3-8,21,23H,1,9-10,12-19H2,2H3/t21-,23-/m0/s1. The van der Waals surface area contributed by atoms with E-state index in [-0.39, 0.29) is 30.8 Å². The number of hydrogen-bond donors (Lipinski definition) is 0. The Kier molecular flexibility index (Phi) is 8.27. The highest BCUT2D eigenvalue weighted by atomic mass is 35.5. The summed E-state index contributed by atoms with van der Waals surface area (Å²) in [4.78, 5) is 41.6. The van der Waals surface area contributed by atoms with Crippen LogP contribution < -0.4 is 14.5 Å². The number of piperazine rings is 1. The monoisotopic (exact) mass is 617 g/mol. The van der Waals surface area contributed by atoms with Crippen molar-refractivity contribution in [3.05, 3.63) is 65.1 Å². The number of fused-ring (bicyclic) bond motifs is 2. The third kappa shape index (κ3) is 5.74. The van der Waals surface area contributed by atoms with Crippen LogP contribution in [0.3, 0.4) is 0 Å². The Morgan fingerprint density at radius 2 is 1.95 bits per heavy atom. The Morgan fingerprint density at radius 1 is 1.16 bits per heavy atom. The van der Waals surface area contributed by atoms with Gasteiger partial charge in [0.1, 0.15) is 5.82 Å². The first-order valence-corrected chi connectivity index (χ1v) is 15.1. The number of aromatic nitrogens is 2. The lowest BCUT2D eigenvalue weighted by molar-refractivity contribution is -0.131. The van der Waals surface area contributed by atoms with Gasteiger partial charge in [0.15, 0.2) is 5.83 Å². The molecule has 12 heteroatoms. The molecule has 2 atom stereocenters. The van der Waals surface area contributed by atoms with E-state index in [1.165, 1.54) is 4.90 Å². The normalized spacial score (nSPS) is 20.1. The molecule has 0 radical (unpaired) electrons. The minimum Gasteiger partial charge on any atom is -0.463 e. The third-order valence-electron chi connectivity index (χ3n) is 8.67. The Morgan fingerprint density at radius 3 is 2.68 bits per heavy atom. The molecule has 0 aliphatic carbocycles. The van der Waals surface area contributed by atoms with Gasteiger partial charge in [0.2, 0.25) is 5.91 Å². The number of likely N-dealkylation sites (tertiary alicyclic amines) is 1. The second-order valence-electron chi connectivity index (χ2n) is 11.6. The molecule has 2 fully saturated rings. The zero-order valence-electron chi connectivity index (χ0n) is 24.5. The Hall–Kier alpha value is -4.43. The number of ether oxygens (including phenoxy) is 1. The molecular formula is C32H33ClFN7O3. The van der Waals surface area contributed by atoms with E-state index < -0.39 is 17.8 Å². The van der Waals surface area contributed by atoms with Crippen LogP contribution in [-0.4, -0.2) is 84.0 Å². The predicted octanol–water partition coefficient (Wildman–Crippen LogP) is 4.12. The van der Waals surface area contributed by atoms with Gasteiger partial charge in [-0.2, -0.15) is 15.2 Å². The first-order valence-electron chi connectivity index (χ1n) is 14.7. The quantitative estimate of drug-likeness (QED) is 0.365. The van der Waals surface area contributed by atoms with E-state index in [4.69, 9.17) is 26.3 Å². The summed E-state index contributed by atoms with van der Waals surface area (Å²) in [6.45, 7) is 6.19. The molecule has 0 bridgehead atoms. The number of nitrogens with zero attached hydrogens (tertiary/aromatic N) is 7. The molecule has 0 N–H and O–H groups in total. The van der Waals surface area contributed by atoms with Crippen LogP contribution in [0.4, 0.5) is 15.9 Å². The number of hydrogen-bond acceptors (Lipinski definition) is 8. The molecule has 0 unspecified atom stereocenters. The van der Waals surface area contributed by atoms with Crippen LogP contribution in [0.15, 0.2) is 48.8 Å². The average molecular weight is 618 g/mol. The molecule has 1 aromatic heterocycles. The summed E-state index contributed by atoms with van der Waals surface area (Å²) in [6, 6.07) is 13.8. The number of carbonyl (C=O) groups excluding carboxylic acids is 2. The van der Waals surface area contributed by atoms with E-state index in [9.17, 15) is 19.2 Å². The van der Waals surface area contributed by atoms with E-state index in [2.05, 4.69) is 23.6 Å². The molecule has 2 aromatic carbocycles. The Labute approximate surface area is 260 Å². The van der Waals surface area contributed by atoms with Gasteiger partial charge in [-0.3, -0.25) is 9.59 Å². The van der Waals surface area contributed by atoms with E-state index in [0.717, 1.165) is 27.7 Å². The molecule has 6 rings (SSSR count). The SMILES string of the molecule is C=C(F)C(=O)N1CCN(c2nc(OC[C@H]3CC(=O)N(C)C3)nc3c2CCN(c2cccc4cccc(Cl)c24)C3)C[C@@H]1CC#N. The summed E-state index contributed by atoms with van der Waals surface area (Å²) >= 11 is 6.66. The molecule has 2 amide bonds. The molecule has 0 spiro atoms. The summed E-state index contributed by atoms with van der Waals surface area (Å²) < 4.78 is 19.9. The lowest BCUT2D eigenvalue weighted by Crippen LogP contribution is -2.55. The number of carbonyl (C=O) groups is 2. The van der Waals surface area contributed by atoms with Crippen LogP contribution in [0.25, 0.3) is 10.8 Å². The number of rotatable bonds is 7. The zero-order valence-corrected chi connectivity index (χ0v) is 25.3. The van der Waals surface area contributed by atoms with Crippen LogP contribution in [0.2, 0.25) is 5.02 Å². The number of anilines is 2. The van der Waals surface area contributed by atoms with Gasteiger partial charge in [0.25, 0.3) is 5.91 Å². The van der Waals surface area contributed by atoms with Gasteiger partial charge < -0.3 is 24.3 Å². The van der Waals surface area contributed by atoms with E-state index in [0.29, 0.717) is 63.0 Å². The van der Waals surface area contributed by atoms with Gasteiger partial charge in [-0.05, 0) is 23.9 Å². The van der Waals surface area contributed by atoms with Gasteiger partial charge in [0, 0.05) is 68.7 Å². The fraction of sp³-hybridized carbons (Fsp3) is 0.406. The van der Waals surface area contributed by atoms with Crippen LogP contribution in [-0.2, 0) is 22.6 Å². The summed E-state index contributed by atoms with van der Waals surface area (Å²) in [6.07, 6.45) is 1.11. The number of benzene rings is 2. The Bertz CT molecular complexity index is 1670. The van der Waals surface area contributed by atoms with Gasteiger partial charge >= 0.3 is 6.01 Å². The maximum Gasteiger partial charge on any atom is 0.318 e. The summed E-state index contributed by atoms with van der Waals surface area (Å²) in [5.41, 5.74) is 2.80. The van der Waals surface area contributed by atoms with Crippen molar-refractivity contribution in [1.29, 1.82) is 5.26 Å². The molecule has 4 heterocycles. The number of nitriles is 1. The van der Waals surface area contributed by atoms with E-state index in [1.807, 2.05) is 35.2 Å². The maximum atomic E-state index is 13.8. The van der Waals surface area contributed by atoms with Crippen LogP contribution >= 0.6 is 11.6 Å². The smallest absolute Gasteiger partial charge is 0.318 e. The minimum atomic E-state index is -1.04. The summed E-state index contributed by atoms with van der Waals surface area (Å²) in [5.74, 6) is -1.02. The van der Waals surface area contributed by atoms with Gasteiger partial charge in [0.05, 0.1) is 42.4 Å². The predicted molar refractivity (Wildman–Crippen MR) is 165 cm³/mol. The number of halogens is 2. The fourth-order valence-corrected chi connectivity index (χ4v) is 6.75. The van der Waals surface area contributed by atoms with Crippen LogP contribution in [0.1, 0.15) is 24.1 Å². The Balaban J connectivity index is 1.33. The summed E-state index contributed by atoms with van der Waals surface area (Å²) in [5, 5.41) is 12.2. The van der Waals surface area contributed by atoms with Crippen molar-refractivity contribution in [2.24, 2.45) is 5.92 Å². The first-order chi connectivity index (χ1) is 21.2. The largest absolute Gasteiger partial charge is 0.463 e. The fourth-order valence-electron chi connectivity index (χ4n) is 6.47. The van der Waals surface area contributed by atoms with Gasteiger partial charge in [-0.15, -0.1) is 0 Å². The lowest BCUT2D eigenvalue weighted by atomic mass is 10.0. The van der Waals surface area contributed by atoms with Crippen molar-refractivity contribution >= 4 is 45.7 Å². The molecule has 3 aromatic rings. The van der Waals surface area contributed by atoms with Crippen LogP contribution in [0, 0.1) is 17.2 Å². The molecule has 2 saturated heterocycles. The minimum absolute atomic E-state index is 0.0354. The van der Waals surface area contributed by atoms with E-state index in [1.54, 1.807) is 11.9 Å². The molecule has 3 aliphatic rings. The zero-order chi connectivity index (χ0) is 31.0. The first kappa shape index (κ1) is 29.6. The highest BCUT2D eigenvalue weighted by Gasteiger charge is 2.35. The molecular weight excluding hydrogens is 585 g/mol. The topological polar surface area (TPSA) is 106 Å². The van der Waals surface area contributed by atoms with Crippen molar-refractivity contribution in [3.8, 4) is 12.1 Å². The number of amides is 2. The molecule has 3 aliphatic heterocycles. The van der Waals surface area contributed by atoms with Crippen molar-refractivity contribution in [2.45, 2.75) is 31.8 Å².